The fraction of sp³-hybridized carbons (Fsp3) is 0.562. The van der Waals surface area contributed by atoms with E-state index in [0.29, 0.717) is 0 Å². The van der Waals surface area contributed by atoms with Crippen LogP contribution in [0.15, 0.2) is 18.2 Å². The zero-order chi connectivity index (χ0) is 13.3. The van der Waals surface area contributed by atoms with Crippen molar-refractivity contribution >= 4 is 11.0 Å². The summed E-state index contributed by atoms with van der Waals surface area (Å²) in [7, 11) is 2.10. The Kier molecular flexibility index (Phi) is 3.31. The lowest BCUT2D eigenvalue weighted by Gasteiger charge is -2.36. The van der Waals surface area contributed by atoms with Gasteiger partial charge in [0.25, 0.3) is 0 Å². The van der Waals surface area contributed by atoms with E-state index in [1.165, 1.54) is 37.7 Å². The van der Waals surface area contributed by atoms with Gasteiger partial charge in [0.2, 0.25) is 0 Å². The van der Waals surface area contributed by atoms with Crippen LogP contribution in [0.1, 0.15) is 43.5 Å². The number of H-pyrrole nitrogens is 1. The molecule has 3 nitrogen and oxygen atoms in total. The minimum absolute atomic E-state index is 0.250. The van der Waals surface area contributed by atoms with Gasteiger partial charge in [-0.25, -0.2) is 4.98 Å². The van der Waals surface area contributed by atoms with E-state index in [1.54, 1.807) is 0 Å². The highest BCUT2D eigenvalue weighted by Crippen LogP contribution is 2.31. The summed E-state index contributed by atoms with van der Waals surface area (Å²) in [5, 5.41) is 3.56. The van der Waals surface area contributed by atoms with Crippen molar-refractivity contribution in [3.63, 3.8) is 0 Å². The molecule has 1 heterocycles. The number of aromatic nitrogens is 2. The van der Waals surface area contributed by atoms with Crippen LogP contribution in [0.4, 0.5) is 0 Å². The summed E-state index contributed by atoms with van der Waals surface area (Å²) in [6, 6.07) is 6.33. The first kappa shape index (κ1) is 12.7. The number of imidazole rings is 1. The number of aromatic amines is 1. The lowest BCUT2D eigenvalue weighted by Crippen LogP contribution is -2.46. The summed E-state index contributed by atoms with van der Waals surface area (Å²) in [4.78, 5) is 8.30. The molecule has 0 spiro atoms. The van der Waals surface area contributed by atoms with Crippen molar-refractivity contribution in [3.8, 4) is 0 Å². The molecule has 2 aromatic rings. The van der Waals surface area contributed by atoms with E-state index in [1.807, 2.05) is 0 Å². The number of aryl methyl sites for hydroxylation is 1. The Hall–Kier alpha value is -1.35. The monoisotopic (exact) mass is 257 g/mol. The van der Waals surface area contributed by atoms with Crippen LogP contribution in [0.2, 0.25) is 0 Å². The Bertz CT molecular complexity index is 564. The van der Waals surface area contributed by atoms with Crippen LogP contribution in [0.25, 0.3) is 11.0 Å². The third kappa shape index (κ3) is 2.39. The van der Waals surface area contributed by atoms with E-state index in [4.69, 9.17) is 4.98 Å². The van der Waals surface area contributed by atoms with Gasteiger partial charge in [0.05, 0.1) is 11.0 Å². The molecule has 3 heteroatoms. The number of rotatable bonds is 3. The van der Waals surface area contributed by atoms with Gasteiger partial charge in [-0.3, -0.25) is 0 Å². The van der Waals surface area contributed by atoms with Crippen LogP contribution < -0.4 is 5.32 Å². The number of likely N-dealkylation sites (N-methyl/N-ethyl adjacent to an activating group) is 1. The number of nitrogens with zero attached hydrogens (tertiary/aromatic N) is 1. The highest BCUT2D eigenvalue weighted by Gasteiger charge is 2.31. The summed E-state index contributed by atoms with van der Waals surface area (Å²) in [6.45, 7) is 2.13. The smallest absolute Gasteiger partial charge is 0.109 e. The van der Waals surface area contributed by atoms with Crippen LogP contribution in [-0.4, -0.2) is 22.6 Å². The second-order valence-corrected chi connectivity index (χ2v) is 5.92. The van der Waals surface area contributed by atoms with Crippen LogP contribution in [0.5, 0.6) is 0 Å². The molecule has 0 unspecified atom stereocenters. The van der Waals surface area contributed by atoms with Crippen molar-refractivity contribution in [1.29, 1.82) is 0 Å². The predicted octanol–water partition coefficient (Wildman–Crippen LogP) is 3.34. The Morgan fingerprint density at radius 1 is 1.26 bits per heavy atom. The molecule has 1 aromatic heterocycles. The standard InChI is InChI=1S/C16H23N3/c1-12-7-6-8-13-15(12)19-14(18-13)11-16(17-2)9-4-3-5-10-16/h6-8,17H,3-5,9-11H2,1-2H3,(H,18,19). The van der Waals surface area contributed by atoms with Crippen LogP contribution in [0, 0.1) is 6.92 Å². The van der Waals surface area contributed by atoms with E-state index < -0.39 is 0 Å². The molecule has 0 atom stereocenters. The largest absolute Gasteiger partial charge is 0.342 e. The van der Waals surface area contributed by atoms with Crippen LogP contribution in [-0.2, 0) is 6.42 Å². The molecular weight excluding hydrogens is 234 g/mol. The molecule has 0 aliphatic heterocycles. The maximum Gasteiger partial charge on any atom is 0.109 e. The fourth-order valence-electron chi connectivity index (χ4n) is 3.37. The zero-order valence-corrected chi connectivity index (χ0v) is 11.9. The SMILES string of the molecule is CNC1(Cc2nc3c(C)cccc3[nH]2)CCCCC1. The molecule has 1 aliphatic rings. The minimum atomic E-state index is 0.250. The Morgan fingerprint density at radius 3 is 2.74 bits per heavy atom. The molecule has 2 N–H and O–H groups in total. The first-order valence-electron chi connectivity index (χ1n) is 7.36. The zero-order valence-electron chi connectivity index (χ0n) is 11.9. The molecule has 1 aromatic carbocycles. The Balaban J connectivity index is 1.89. The molecule has 3 rings (SSSR count). The number of para-hydroxylation sites is 1. The van der Waals surface area contributed by atoms with E-state index in [0.717, 1.165) is 23.3 Å². The lowest BCUT2D eigenvalue weighted by atomic mass is 9.79. The van der Waals surface area contributed by atoms with Crippen molar-refractivity contribution < 1.29 is 0 Å². The molecule has 0 radical (unpaired) electrons. The van der Waals surface area contributed by atoms with Gasteiger partial charge >= 0.3 is 0 Å². The molecular formula is C16H23N3. The van der Waals surface area contributed by atoms with E-state index in [-0.39, 0.29) is 5.54 Å². The molecule has 1 aliphatic carbocycles. The third-order valence-corrected chi connectivity index (χ3v) is 4.61. The molecule has 1 fully saturated rings. The van der Waals surface area contributed by atoms with Crippen LogP contribution >= 0.6 is 0 Å². The van der Waals surface area contributed by atoms with E-state index in [9.17, 15) is 0 Å². The predicted molar refractivity (Wildman–Crippen MR) is 79.4 cm³/mol. The van der Waals surface area contributed by atoms with Gasteiger partial charge in [0.15, 0.2) is 0 Å². The number of nitrogens with one attached hydrogen (secondary N) is 2. The number of benzene rings is 1. The van der Waals surface area contributed by atoms with Crippen molar-refractivity contribution in [3.05, 3.63) is 29.6 Å². The minimum Gasteiger partial charge on any atom is -0.342 e. The van der Waals surface area contributed by atoms with Gasteiger partial charge in [0, 0.05) is 12.0 Å². The lowest BCUT2D eigenvalue weighted by molar-refractivity contribution is 0.241. The van der Waals surface area contributed by atoms with E-state index in [2.05, 4.69) is 42.5 Å². The summed E-state index contributed by atoms with van der Waals surface area (Å²) < 4.78 is 0. The molecule has 19 heavy (non-hydrogen) atoms. The van der Waals surface area contributed by atoms with Gasteiger partial charge in [-0.05, 0) is 38.4 Å². The number of hydrogen-bond acceptors (Lipinski definition) is 2. The molecule has 0 saturated heterocycles. The second kappa shape index (κ2) is 4.97. The Labute approximate surface area is 114 Å². The second-order valence-electron chi connectivity index (χ2n) is 5.92. The summed E-state index contributed by atoms with van der Waals surface area (Å²) in [6.07, 6.45) is 7.58. The normalized spacial score (nSPS) is 18.8. The summed E-state index contributed by atoms with van der Waals surface area (Å²) >= 11 is 0. The number of fused-ring (bicyclic) bond motifs is 1. The maximum atomic E-state index is 4.80. The van der Waals surface area contributed by atoms with Gasteiger partial charge in [-0.1, -0.05) is 31.4 Å². The van der Waals surface area contributed by atoms with Crippen molar-refractivity contribution in [2.45, 2.75) is 51.0 Å². The van der Waals surface area contributed by atoms with Crippen molar-refractivity contribution in [2.75, 3.05) is 7.05 Å². The average molecular weight is 257 g/mol. The highest BCUT2D eigenvalue weighted by molar-refractivity contribution is 5.78. The van der Waals surface area contributed by atoms with Crippen molar-refractivity contribution in [1.82, 2.24) is 15.3 Å². The molecule has 102 valence electrons. The number of hydrogen-bond donors (Lipinski definition) is 2. The average Bonchev–Trinajstić information content (AvgIpc) is 2.83. The first-order chi connectivity index (χ1) is 9.22. The molecule has 1 saturated carbocycles. The third-order valence-electron chi connectivity index (χ3n) is 4.61. The van der Waals surface area contributed by atoms with Gasteiger partial charge in [0.1, 0.15) is 5.82 Å². The maximum absolute atomic E-state index is 4.80. The first-order valence-corrected chi connectivity index (χ1v) is 7.36. The van der Waals surface area contributed by atoms with E-state index >= 15 is 0 Å². The fourth-order valence-corrected chi connectivity index (χ4v) is 3.37. The highest BCUT2D eigenvalue weighted by atomic mass is 15.0. The molecule has 0 bridgehead atoms. The quantitative estimate of drug-likeness (QED) is 0.885. The summed E-state index contributed by atoms with van der Waals surface area (Å²) in [5.41, 5.74) is 3.79. The van der Waals surface area contributed by atoms with Gasteiger partial charge in [-0.15, -0.1) is 0 Å². The van der Waals surface area contributed by atoms with Gasteiger partial charge in [-0.2, -0.15) is 0 Å². The topological polar surface area (TPSA) is 40.7 Å². The molecule has 0 amide bonds. The summed E-state index contributed by atoms with van der Waals surface area (Å²) in [5.74, 6) is 1.13. The van der Waals surface area contributed by atoms with Crippen molar-refractivity contribution in [2.24, 2.45) is 0 Å². The van der Waals surface area contributed by atoms with Crippen LogP contribution in [0.3, 0.4) is 0 Å². The Morgan fingerprint density at radius 2 is 2.05 bits per heavy atom. The van der Waals surface area contributed by atoms with Gasteiger partial charge < -0.3 is 10.3 Å².